The first-order chi connectivity index (χ1) is 25.8. The Balaban J connectivity index is 1.26. The van der Waals surface area contributed by atoms with Crippen LogP contribution >= 0.6 is 0 Å². The molecule has 3 heterocycles. The molecule has 0 bridgehead atoms. The van der Waals surface area contributed by atoms with Crippen molar-refractivity contribution in [3.8, 4) is 34.2 Å². The molecule has 7 aromatic carbocycles. The standard InChI is InChI=1S/C48H32N4/c1-2-16-37(17-3-1)51-44-21-11-9-19-40(44)46-45(51)27-26-39-38-18-8-10-20-43(38)52(47(39)46)48-49-41(35-24-22-31-12-4-6-14-33(31)28-35)30-42(50-48)36-25-23-32-13-5-7-15-34(32)29-36/h1-7,9-17,19-30H,8,18H2. The highest BCUT2D eigenvalue weighted by atomic mass is 15.2. The fourth-order valence-corrected chi connectivity index (χ4v) is 8.36. The van der Waals surface area contributed by atoms with Gasteiger partial charge in [0.2, 0.25) is 5.95 Å². The largest absolute Gasteiger partial charge is 0.309 e. The van der Waals surface area contributed by atoms with E-state index in [4.69, 9.17) is 9.97 Å². The molecule has 0 amide bonds. The summed E-state index contributed by atoms with van der Waals surface area (Å²) in [5.41, 5.74) is 11.1. The number of fused-ring (bicyclic) bond motifs is 9. The maximum atomic E-state index is 5.46. The van der Waals surface area contributed by atoms with Gasteiger partial charge in [-0.05, 0) is 88.5 Å². The van der Waals surface area contributed by atoms with Gasteiger partial charge in [-0.25, -0.2) is 9.97 Å². The fraction of sp³-hybridized carbons (Fsp3) is 0.0417. The van der Waals surface area contributed by atoms with Crippen LogP contribution in [-0.4, -0.2) is 19.1 Å². The van der Waals surface area contributed by atoms with Gasteiger partial charge in [-0.2, -0.15) is 0 Å². The molecule has 4 nitrogen and oxygen atoms in total. The molecular weight excluding hydrogens is 633 g/mol. The highest BCUT2D eigenvalue weighted by Gasteiger charge is 2.25. The van der Waals surface area contributed by atoms with Gasteiger partial charge in [-0.15, -0.1) is 0 Å². The number of hydrogen-bond acceptors (Lipinski definition) is 2. The molecule has 0 unspecified atom stereocenters. The van der Waals surface area contributed by atoms with E-state index in [1.165, 1.54) is 54.3 Å². The topological polar surface area (TPSA) is 35.6 Å². The molecule has 10 aromatic rings. The summed E-state index contributed by atoms with van der Waals surface area (Å²) in [6.07, 6.45) is 6.55. The zero-order valence-corrected chi connectivity index (χ0v) is 28.4. The van der Waals surface area contributed by atoms with Gasteiger partial charge in [-0.3, -0.25) is 4.57 Å². The van der Waals surface area contributed by atoms with Crippen LogP contribution in [-0.2, 0) is 6.42 Å². The Hall–Kier alpha value is -6.78. The third kappa shape index (κ3) is 4.41. The van der Waals surface area contributed by atoms with Gasteiger partial charge < -0.3 is 4.57 Å². The molecular formula is C48H32N4. The molecule has 11 rings (SSSR count). The summed E-state index contributed by atoms with van der Waals surface area (Å²) in [6.45, 7) is 0. The van der Waals surface area contributed by atoms with Gasteiger partial charge in [0.1, 0.15) is 0 Å². The minimum atomic E-state index is 0.677. The van der Waals surface area contributed by atoms with E-state index in [0.717, 1.165) is 52.3 Å². The summed E-state index contributed by atoms with van der Waals surface area (Å²) < 4.78 is 4.74. The van der Waals surface area contributed by atoms with Crippen LogP contribution in [0.4, 0.5) is 0 Å². The maximum Gasteiger partial charge on any atom is 0.235 e. The average molecular weight is 665 g/mol. The fourth-order valence-electron chi connectivity index (χ4n) is 8.36. The van der Waals surface area contributed by atoms with Crippen molar-refractivity contribution >= 4 is 60.3 Å². The first kappa shape index (κ1) is 29.0. The molecule has 1 aliphatic carbocycles. The van der Waals surface area contributed by atoms with E-state index in [9.17, 15) is 0 Å². The Labute approximate surface area is 300 Å². The van der Waals surface area contributed by atoms with Gasteiger partial charge in [0.15, 0.2) is 0 Å². The Morgan fingerprint density at radius 3 is 1.83 bits per heavy atom. The lowest BCUT2D eigenvalue weighted by molar-refractivity contribution is 0.923. The first-order valence-electron chi connectivity index (χ1n) is 18.0. The quantitative estimate of drug-likeness (QED) is 0.188. The van der Waals surface area contributed by atoms with Crippen molar-refractivity contribution in [1.29, 1.82) is 0 Å². The molecule has 4 heteroatoms. The van der Waals surface area contributed by atoms with E-state index >= 15 is 0 Å². The zero-order chi connectivity index (χ0) is 34.2. The summed E-state index contributed by atoms with van der Waals surface area (Å²) in [4.78, 5) is 10.9. The van der Waals surface area contributed by atoms with E-state index < -0.39 is 0 Å². The minimum absolute atomic E-state index is 0.677. The summed E-state index contributed by atoms with van der Waals surface area (Å²) in [5.74, 6) is 0.677. The van der Waals surface area contributed by atoms with Crippen LogP contribution in [0.15, 0.2) is 164 Å². The van der Waals surface area contributed by atoms with Crippen LogP contribution in [0.3, 0.4) is 0 Å². The number of allylic oxidation sites excluding steroid dienone is 1. The second-order valence-electron chi connectivity index (χ2n) is 13.7. The molecule has 0 N–H and O–H groups in total. The predicted molar refractivity (Wildman–Crippen MR) is 216 cm³/mol. The van der Waals surface area contributed by atoms with Crippen molar-refractivity contribution < 1.29 is 0 Å². The van der Waals surface area contributed by atoms with E-state index in [-0.39, 0.29) is 0 Å². The van der Waals surface area contributed by atoms with Crippen molar-refractivity contribution in [3.63, 3.8) is 0 Å². The van der Waals surface area contributed by atoms with E-state index in [0.29, 0.717) is 5.95 Å². The van der Waals surface area contributed by atoms with Crippen LogP contribution < -0.4 is 0 Å². The molecule has 0 radical (unpaired) electrons. The molecule has 52 heavy (non-hydrogen) atoms. The highest BCUT2D eigenvalue weighted by molar-refractivity contribution is 6.21. The van der Waals surface area contributed by atoms with E-state index in [2.05, 4.69) is 179 Å². The Morgan fingerprint density at radius 1 is 0.481 bits per heavy atom. The second kappa shape index (κ2) is 11.4. The zero-order valence-electron chi connectivity index (χ0n) is 28.4. The van der Waals surface area contributed by atoms with Crippen LogP contribution in [0.5, 0.6) is 0 Å². The molecule has 0 aliphatic heterocycles. The van der Waals surface area contributed by atoms with Gasteiger partial charge in [0, 0.05) is 33.0 Å². The monoisotopic (exact) mass is 664 g/mol. The number of para-hydroxylation sites is 2. The maximum absolute atomic E-state index is 5.46. The normalized spacial score (nSPS) is 12.8. The van der Waals surface area contributed by atoms with Gasteiger partial charge in [0.05, 0.1) is 33.6 Å². The van der Waals surface area contributed by atoms with Crippen LogP contribution in [0, 0.1) is 0 Å². The van der Waals surface area contributed by atoms with Crippen LogP contribution in [0.1, 0.15) is 17.7 Å². The Bertz CT molecular complexity index is 2970. The summed E-state index contributed by atoms with van der Waals surface area (Å²) in [5, 5.41) is 8.49. The second-order valence-corrected chi connectivity index (χ2v) is 13.7. The molecule has 0 atom stereocenters. The molecule has 244 valence electrons. The van der Waals surface area contributed by atoms with Gasteiger partial charge >= 0.3 is 0 Å². The Kier molecular flexibility index (Phi) is 6.34. The van der Waals surface area contributed by atoms with E-state index in [1.54, 1.807) is 0 Å². The number of nitrogens with zero attached hydrogens (tertiary/aromatic N) is 4. The number of aromatic nitrogens is 4. The summed E-state index contributed by atoms with van der Waals surface area (Å²) in [6, 6.07) is 56.5. The number of hydrogen-bond donors (Lipinski definition) is 0. The first-order valence-corrected chi connectivity index (χ1v) is 18.0. The molecule has 1 aliphatic rings. The molecule has 0 saturated heterocycles. The van der Waals surface area contributed by atoms with Gasteiger partial charge in [-0.1, -0.05) is 121 Å². The lowest BCUT2D eigenvalue weighted by atomic mass is 10.00. The lowest BCUT2D eigenvalue weighted by Gasteiger charge is -2.15. The third-order valence-corrected chi connectivity index (χ3v) is 10.8. The van der Waals surface area contributed by atoms with Crippen molar-refractivity contribution in [2.45, 2.75) is 12.8 Å². The van der Waals surface area contributed by atoms with E-state index in [1.807, 2.05) is 0 Å². The SMILES string of the molecule is C1=Cc2c(c3ccc4c(c5ccccc5n4-c4ccccc4)c3n2-c2nc(-c3ccc4ccccc4c3)cc(-c3ccc4ccccc4c3)n2)CC1. The Morgan fingerprint density at radius 2 is 1.12 bits per heavy atom. The van der Waals surface area contributed by atoms with Crippen molar-refractivity contribution in [3.05, 3.63) is 175 Å². The predicted octanol–water partition coefficient (Wildman–Crippen LogP) is 12.1. The third-order valence-electron chi connectivity index (χ3n) is 10.8. The van der Waals surface area contributed by atoms with Crippen molar-refractivity contribution in [2.24, 2.45) is 0 Å². The minimum Gasteiger partial charge on any atom is -0.309 e. The number of benzene rings is 7. The van der Waals surface area contributed by atoms with Crippen molar-refractivity contribution in [1.82, 2.24) is 19.1 Å². The van der Waals surface area contributed by atoms with Crippen LogP contribution in [0.25, 0.3) is 94.5 Å². The summed E-state index contributed by atoms with van der Waals surface area (Å²) in [7, 11) is 0. The molecule has 0 saturated carbocycles. The van der Waals surface area contributed by atoms with Gasteiger partial charge in [0.25, 0.3) is 0 Å². The number of aryl methyl sites for hydroxylation is 1. The van der Waals surface area contributed by atoms with Crippen LogP contribution in [0.2, 0.25) is 0 Å². The smallest absolute Gasteiger partial charge is 0.235 e. The summed E-state index contributed by atoms with van der Waals surface area (Å²) >= 11 is 0. The molecule has 0 fully saturated rings. The molecule has 0 spiro atoms. The average Bonchev–Trinajstić information content (AvgIpc) is 3.74. The van der Waals surface area contributed by atoms with Crippen molar-refractivity contribution in [2.75, 3.05) is 0 Å². The number of rotatable bonds is 4. The molecule has 3 aromatic heterocycles. The lowest BCUT2D eigenvalue weighted by Crippen LogP contribution is -2.07. The highest BCUT2D eigenvalue weighted by Crippen LogP contribution is 2.42.